The molecule has 0 amide bonds. The predicted octanol–water partition coefficient (Wildman–Crippen LogP) is 14.3. The summed E-state index contributed by atoms with van der Waals surface area (Å²) >= 11 is 0. The zero-order valence-electron chi connectivity index (χ0n) is 29.3. The molecule has 9 aromatic rings. The Labute approximate surface area is 305 Å². The Morgan fingerprint density at radius 2 is 0.750 bits per heavy atom. The summed E-state index contributed by atoms with van der Waals surface area (Å²) in [6.45, 7) is 4.70. The second-order valence-electron chi connectivity index (χ2n) is 14.5. The monoisotopic (exact) mass is 663 g/mol. The van der Waals surface area contributed by atoms with E-state index in [0.717, 1.165) is 17.1 Å². The maximum Gasteiger partial charge on any atom is 0.0462 e. The smallest absolute Gasteiger partial charge is 0.0462 e. The number of hydrogen-bond acceptors (Lipinski definition) is 1. The van der Waals surface area contributed by atoms with Crippen LogP contribution >= 0.6 is 0 Å². The molecule has 0 spiro atoms. The maximum atomic E-state index is 2.44. The lowest BCUT2D eigenvalue weighted by Gasteiger charge is -2.25. The van der Waals surface area contributed by atoms with Crippen LogP contribution in [0.15, 0.2) is 188 Å². The van der Waals surface area contributed by atoms with Gasteiger partial charge in [-0.25, -0.2) is 0 Å². The van der Waals surface area contributed by atoms with Gasteiger partial charge in [-0.3, -0.25) is 0 Å². The molecule has 9 aromatic carbocycles. The van der Waals surface area contributed by atoms with Gasteiger partial charge in [0.25, 0.3) is 0 Å². The third-order valence-corrected chi connectivity index (χ3v) is 11.2. The van der Waals surface area contributed by atoms with Crippen LogP contribution in [-0.2, 0) is 5.41 Å². The zero-order chi connectivity index (χ0) is 34.8. The van der Waals surface area contributed by atoms with Gasteiger partial charge in [0, 0.05) is 22.5 Å². The number of nitrogens with zero attached hydrogens (tertiary/aromatic N) is 1. The lowest BCUT2D eigenvalue weighted by molar-refractivity contribution is 0.660. The Bertz CT molecular complexity index is 2750. The topological polar surface area (TPSA) is 3.24 Å². The molecule has 0 saturated carbocycles. The minimum atomic E-state index is -0.0118. The van der Waals surface area contributed by atoms with E-state index >= 15 is 0 Å². The van der Waals surface area contributed by atoms with E-state index < -0.39 is 0 Å². The van der Waals surface area contributed by atoms with E-state index in [9.17, 15) is 0 Å². The van der Waals surface area contributed by atoms with Gasteiger partial charge >= 0.3 is 0 Å². The molecule has 0 radical (unpaired) electrons. The van der Waals surface area contributed by atoms with Crippen molar-refractivity contribution in [3.63, 3.8) is 0 Å². The summed E-state index contributed by atoms with van der Waals surface area (Å²) in [6.07, 6.45) is 0. The molecule has 0 aromatic heterocycles. The summed E-state index contributed by atoms with van der Waals surface area (Å²) in [5.41, 5.74) is 13.9. The molecule has 0 bridgehead atoms. The molecule has 0 heterocycles. The molecule has 0 atom stereocenters. The van der Waals surface area contributed by atoms with Crippen LogP contribution in [0.25, 0.3) is 65.7 Å². The van der Waals surface area contributed by atoms with E-state index in [1.165, 1.54) is 76.8 Å². The molecule has 0 aliphatic heterocycles. The van der Waals surface area contributed by atoms with Gasteiger partial charge in [0.2, 0.25) is 0 Å². The van der Waals surface area contributed by atoms with Gasteiger partial charge < -0.3 is 4.90 Å². The van der Waals surface area contributed by atoms with Crippen molar-refractivity contribution in [2.24, 2.45) is 0 Å². The van der Waals surface area contributed by atoms with Crippen LogP contribution in [-0.4, -0.2) is 0 Å². The van der Waals surface area contributed by atoms with E-state index in [0.29, 0.717) is 0 Å². The van der Waals surface area contributed by atoms with Crippen molar-refractivity contribution in [3.8, 4) is 33.4 Å². The van der Waals surface area contributed by atoms with Crippen LogP contribution < -0.4 is 4.90 Å². The average molecular weight is 664 g/mol. The summed E-state index contributed by atoms with van der Waals surface area (Å²) in [7, 11) is 0. The van der Waals surface area contributed by atoms with Crippen molar-refractivity contribution < 1.29 is 0 Å². The fourth-order valence-electron chi connectivity index (χ4n) is 8.71. The molecular weight excluding hydrogens is 627 g/mol. The number of fused-ring (bicyclic) bond motifs is 8. The number of anilines is 3. The summed E-state index contributed by atoms with van der Waals surface area (Å²) in [5, 5.41) is 7.65. The average Bonchev–Trinajstić information content (AvgIpc) is 3.44. The SMILES string of the molecule is CC1(C)c2ccccc2-c2cc(-c3cc4c5ccccc5c(-c5ccc(N(c6ccccc6)c6ccccc6)cc5)cc4c4ccccc34)ccc21. The standard InChI is InChI=1S/C51H37N/c1-51(2)49-24-14-13-23-43(49)48-31-35(27-30-50(48)51)45-33-47-41-21-11-9-19-39(41)44(32-46(47)42-22-12-10-20-40(42)45)34-25-28-38(29-26-34)52(36-15-5-3-6-16-36)37-17-7-4-8-18-37/h3-33H,1-2H3. The summed E-state index contributed by atoms with van der Waals surface area (Å²) in [4.78, 5) is 2.32. The molecule has 0 unspecified atom stereocenters. The summed E-state index contributed by atoms with van der Waals surface area (Å²) < 4.78 is 0. The van der Waals surface area contributed by atoms with Crippen LogP contribution in [0.2, 0.25) is 0 Å². The first-order valence-corrected chi connectivity index (χ1v) is 18.2. The Hall–Kier alpha value is -6.44. The molecule has 1 nitrogen and oxygen atoms in total. The maximum absolute atomic E-state index is 2.44. The van der Waals surface area contributed by atoms with Crippen molar-refractivity contribution in [1.82, 2.24) is 0 Å². The number of rotatable bonds is 5. The van der Waals surface area contributed by atoms with Crippen LogP contribution in [0.5, 0.6) is 0 Å². The zero-order valence-corrected chi connectivity index (χ0v) is 29.3. The molecule has 1 aliphatic rings. The molecule has 246 valence electrons. The normalized spacial score (nSPS) is 13.0. The highest BCUT2D eigenvalue weighted by molar-refractivity contribution is 6.24. The molecule has 1 aliphatic carbocycles. The number of benzene rings is 9. The number of hydrogen-bond donors (Lipinski definition) is 0. The second kappa shape index (κ2) is 11.8. The van der Waals surface area contributed by atoms with Crippen molar-refractivity contribution in [3.05, 3.63) is 199 Å². The first kappa shape index (κ1) is 30.4. The third-order valence-electron chi connectivity index (χ3n) is 11.2. The predicted molar refractivity (Wildman–Crippen MR) is 222 cm³/mol. The largest absolute Gasteiger partial charge is 0.311 e. The number of para-hydroxylation sites is 2. The van der Waals surface area contributed by atoms with Gasteiger partial charge in [-0.15, -0.1) is 0 Å². The van der Waals surface area contributed by atoms with Crippen LogP contribution in [0.4, 0.5) is 17.1 Å². The molecule has 0 fully saturated rings. The van der Waals surface area contributed by atoms with Gasteiger partial charge in [0.05, 0.1) is 0 Å². The van der Waals surface area contributed by atoms with Gasteiger partial charge in [0.15, 0.2) is 0 Å². The minimum Gasteiger partial charge on any atom is -0.311 e. The Balaban J connectivity index is 1.15. The van der Waals surface area contributed by atoms with Gasteiger partial charge in [0.1, 0.15) is 0 Å². The van der Waals surface area contributed by atoms with Crippen molar-refractivity contribution in [1.29, 1.82) is 0 Å². The van der Waals surface area contributed by atoms with E-state index in [1.807, 2.05) is 0 Å². The molecule has 10 rings (SSSR count). The third kappa shape index (κ3) is 4.70. The van der Waals surface area contributed by atoms with E-state index in [-0.39, 0.29) is 5.41 Å². The second-order valence-corrected chi connectivity index (χ2v) is 14.5. The van der Waals surface area contributed by atoms with Gasteiger partial charge in [-0.1, -0.05) is 147 Å². The minimum absolute atomic E-state index is 0.0118. The fraction of sp³-hybridized carbons (Fsp3) is 0.0588. The molecule has 0 N–H and O–H groups in total. The first-order chi connectivity index (χ1) is 25.6. The Morgan fingerprint density at radius 3 is 1.35 bits per heavy atom. The molecule has 52 heavy (non-hydrogen) atoms. The first-order valence-electron chi connectivity index (χ1n) is 18.2. The van der Waals surface area contributed by atoms with Crippen LogP contribution in [0.3, 0.4) is 0 Å². The van der Waals surface area contributed by atoms with Gasteiger partial charge in [-0.2, -0.15) is 0 Å². The van der Waals surface area contributed by atoms with Crippen molar-refractivity contribution in [2.75, 3.05) is 4.90 Å². The van der Waals surface area contributed by atoms with E-state index in [2.05, 4.69) is 207 Å². The fourth-order valence-corrected chi connectivity index (χ4v) is 8.71. The Kier molecular flexibility index (Phi) is 6.91. The lowest BCUT2D eigenvalue weighted by atomic mass is 9.82. The highest BCUT2D eigenvalue weighted by Crippen LogP contribution is 2.50. The van der Waals surface area contributed by atoms with E-state index in [1.54, 1.807) is 0 Å². The van der Waals surface area contributed by atoms with Crippen LogP contribution in [0, 0.1) is 0 Å². The van der Waals surface area contributed by atoms with E-state index in [4.69, 9.17) is 0 Å². The van der Waals surface area contributed by atoms with Crippen molar-refractivity contribution >= 4 is 49.4 Å². The quantitative estimate of drug-likeness (QED) is 0.166. The molecular formula is C51H37N. The van der Waals surface area contributed by atoms with Crippen molar-refractivity contribution in [2.45, 2.75) is 19.3 Å². The summed E-state index contributed by atoms with van der Waals surface area (Å²) in [5.74, 6) is 0. The van der Waals surface area contributed by atoms with Crippen LogP contribution in [0.1, 0.15) is 25.0 Å². The Morgan fingerprint density at radius 1 is 0.308 bits per heavy atom. The lowest BCUT2D eigenvalue weighted by Crippen LogP contribution is -2.14. The van der Waals surface area contributed by atoms with Gasteiger partial charge in [-0.05, 0) is 131 Å². The molecule has 1 heteroatoms. The highest BCUT2D eigenvalue weighted by Gasteiger charge is 2.35. The molecule has 0 saturated heterocycles. The summed E-state index contributed by atoms with van der Waals surface area (Å²) in [6, 6.07) is 69.0. The highest BCUT2D eigenvalue weighted by atomic mass is 15.1.